The van der Waals surface area contributed by atoms with Crippen molar-refractivity contribution in [1.82, 2.24) is 5.32 Å². The van der Waals surface area contributed by atoms with Crippen molar-refractivity contribution in [3.05, 3.63) is 35.9 Å². The molecular formula is C18H28N2O2. The number of amides is 1. The molecule has 4 nitrogen and oxygen atoms in total. The van der Waals surface area contributed by atoms with E-state index in [4.69, 9.17) is 10.5 Å². The summed E-state index contributed by atoms with van der Waals surface area (Å²) in [6.07, 6.45) is 3.76. The largest absolute Gasteiger partial charge is 0.373 e. The maximum absolute atomic E-state index is 12.3. The third kappa shape index (κ3) is 4.31. The van der Waals surface area contributed by atoms with E-state index >= 15 is 0 Å². The molecule has 0 saturated carbocycles. The Morgan fingerprint density at radius 1 is 1.41 bits per heavy atom. The standard InChI is InChI=1S/C18H28N2O2/c1-3-11-18(2,19)17(21)20-13-15-10-7-12-22-16(15)14-8-5-4-6-9-14/h4-6,8-9,15-16H,3,7,10-13,19H2,1-2H3,(H,20,21). The number of carbonyl (C=O) groups is 1. The van der Waals surface area contributed by atoms with E-state index in [1.807, 2.05) is 25.1 Å². The minimum absolute atomic E-state index is 0.0606. The van der Waals surface area contributed by atoms with Crippen LogP contribution in [0.5, 0.6) is 0 Å². The molecule has 3 N–H and O–H groups in total. The highest BCUT2D eigenvalue weighted by Crippen LogP contribution is 2.33. The summed E-state index contributed by atoms with van der Waals surface area (Å²) in [5.41, 5.74) is 6.49. The van der Waals surface area contributed by atoms with E-state index in [0.717, 1.165) is 25.9 Å². The van der Waals surface area contributed by atoms with Crippen molar-refractivity contribution in [3.8, 4) is 0 Å². The summed E-state index contributed by atoms with van der Waals surface area (Å²) in [7, 11) is 0. The second-order valence-corrected chi connectivity index (χ2v) is 6.48. The van der Waals surface area contributed by atoms with Gasteiger partial charge in [-0.15, -0.1) is 0 Å². The van der Waals surface area contributed by atoms with Crippen LogP contribution in [0.3, 0.4) is 0 Å². The highest BCUT2D eigenvalue weighted by atomic mass is 16.5. The van der Waals surface area contributed by atoms with Crippen LogP contribution in [0, 0.1) is 5.92 Å². The number of rotatable bonds is 6. The lowest BCUT2D eigenvalue weighted by Crippen LogP contribution is -2.52. The number of hydrogen-bond donors (Lipinski definition) is 2. The van der Waals surface area contributed by atoms with Gasteiger partial charge in [0, 0.05) is 19.1 Å². The molecule has 1 saturated heterocycles. The Balaban J connectivity index is 1.96. The first kappa shape index (κ1) is 17.0. The van der Waals surface area contributed by atoms with E-state index in [1.165, 1.54) is 5.56 Å². The topological polar surface area (TPSA) is 64.4 Å². The third-order valence-electron chi connectivity index (χ3n) is 4.39. The summed E-state index contributed by atoms with van der Waals surface area (Å²) < 4.78 is 5.96. The molecule has 0 bridgehead atoms. The van der Waals surface area contributed by atoms with Gasteiger partial charge in [-0.25, -0.2) is 0 Å². The second kappa shape index (κ2) is 7.75. The summed E-state index contributed by atoms with van der Waals surface area (Å²) in [6.45, 7) is 5.25. The molecule has 1 fully saturated rings. The van der Waals surface area contributed by atoms with E-state index < -0.39 is 5.54 Å². The summed E-state index contributed by atoms with van der Waals surface area (Å²) in [5, 5.41) is 3.03. The van der Waals surface area contributed by atoms with Crippen molar-refractivity contribution in [2.75, 3.05) is 13.2 Å². The Labute approximate surface area is 133 Å². The molecule has 0 radical (unpaired) electrons. The molecule has 122 valence electrons. The van der Waals surface area contributed by atoms with Gasteiger partial charge in [-0.3, -0.25) is 4.79 Å². The van der Waals surface area contributed by atoms with Gasteiger partial charge in [0.25, 0.3) is 0 Å². The number of ether oxygens (including phenoxy) is 1. The van der Waals surface area contributed by atoms with Gasteiger partial charge in [-0.05, 0) is 31.7 Å². The second-order valence-electron chi connectivity index (χ2n) is 6.48. The summed E-state index contributed by atoms with van der Waals surface area (Å²) in [4.78, 5) is 12.3. The van der Waals surface area contributed by atoms with Crippen LogP contribution in [-0.2, 0) is 9.53 Å². The van der Waals surface area contributed by atoms with Gasteiger partial charge in [0.2, 0.25) is 5.91 Å². The summed E-state index contributed by atoms with van der Waals surface area (Å²) in [6, 6.07) is 10.2. The molecule has 1 amide bonds. The molecule has 1 aliphatic rings. The van der Waals surface area contributed by atoms with Crippen molar-refractivity contribution < 1.29 is 9.53 Å². The van der Waals surface area contributed by atoms with Gasteiger partial charge in [0.1, 0.15) is 0 Å². The third-order valence-corrected chi connectivity index (χ3v) is 4.39. The molecule has 2 rings (SSSR count). The maximum atomic E-state index is 12.3. The quantitative estimate of drug-likeness (QED) is 0.849. The fourth-order valence-corrected chi connectivity index (χ4v) is 3.12. The van der Waals surface area contributed by atoms with E-state index in [2.05, 4.69) is 17.4 Å². The molecule has 1 aliphatic heterocycles. The van der Waals surface area contributed by atoms with Crippen molar-refractivity contribution in [2.45, 2.75) is 51.2 Å². The van der Waals surface area contributed by atoms with E-state index in [9.17, 15) is 4.79 Å². The molecule has 0 aromatic heterocycles. The first-order valence-electron chi connectivity index (χ1n) is 8.28. The van der Waals surface area contributed by atoms with Crippen molar-refractivity contribution >= 4 is 5.91 Å². The minimum atomic E-state index is -0.785. The number of hydrogen-bond acceptors (Lipinski definition) is 3. The molecule has 22 heavy (non-hydrogen) atoms. The van der Waals surface area contributed by atoms with Crippen molar-refractivity contribution in [3.63, 3.8) is 0 Å². The van der Waals surface area contributed by atoms with Gasteiger partial charge in [0.15, 0.2) is 0 Å². The molecule has 4 heteroatoms. The minimum Gasteiger partial charge on any atom is -0.373 e. The van der Waals surface area contributed by atoms with Crippen LogP contribution >= 0.6 is 0 Å². The molecule has 0 spiro atoms. The number of benzene rings is 1. The van der Waals surface area contributed by atoms with Crippen molar-refractivity contribution in [1.29, 1.82) is 0 Å². The Bertz CT molecular complexity index is 473. The van der Waals surface area contributed by atoms with Crippen LogP contribution in [0.15, 0.2) is 30.3 Å². The number of nitrogens with one attached hydrogen (secondary N) is 1. The van der Waals surface area contributed by atoms with E-state index in [1.54, 1.807) is 6.92 Å². The van der Waals surface area contributed by atoms with Gasteiger partial charge in [-0.2, -0.15) is 0 Å². The number of carbonyl (C=O) groups excluding carboxylic acids is 1. The predicted molar refractivity (Wildman–Crippen MR) is 88.4 cm³/mol. The average Bonchev–Trinajstić information content (AvgIpc) is 2.53. The van der Waals surface area contributed by atoms with Crippen LogP contribution in [0.25, 0.3) is 0 Å². The maximum Gasteiger partial charge on any atom is 0.239 e. The highest BCUT2D eigenvalue weighted by Gasteiger charge is 2.31. The van der Waals surface area contributed by atoms with Gasteiger partial charge >= 0.3 is 0 Å². The normalized spacial score (nSPS) is 24.5. The van der Waals surface area contributed by atoms with E-state index in [-0.39, 0.29) is 12.0 Å². The predicted octanol–water partition coefficient (Wildman–Crippen LogP) is 2.79. The molecular weight excluding hydrogens is 276 g/mol. The fourth-order valence-electron chi connectivity index (χ4n) is 3.12. The lowest BCUT2D eigenvalue weighted by atomic mass is 9.89. The van der Waals surface area contributed by atoms with Crippen LogP contribution in [0.4, 0.5) is 0 Å². The van der Waals surface area contributed by atoms with Gasteiger partial charge in [-0.1, -0.05) is 43.7 Å². The SMILES string of the molecule is CCCC(C)(N)C(=O)NCC1CCCOC1c1ccccc1. The monoisotopic (exact) mass is 304 g/mol. The molecule has 1 aromatic carbocycles. The molecule has 1 aromatic rings. The molecule has 1 heterocycles. The zero-order valence-electron chi connectivity index (χ0n) is 13.7. The van der Waals surface area contributed by atoms with Crippen LogP contribution in [-0.4, -0.2) is 24.6 Å². The van der Waals surface area contributed by atoms with Gasteiger partial charge in [0.05, 0.1) is 11.6 Å². The lowest BCUT2D eigenvalue weighted by Gasteiger charge is -2.33. The summed E-state index contributed by atoms with van der Waals surface area (Å²) in [5.74, 6) is 0.240. The zero-order valence-corrected chi connectivity index (χ0v) is 13.7. The van der Waals surface area contributed by atoms with Crippen LogP contribution < -0.4 is 11.1 Å². The molecule has 3 atom stereocenters. The molecule has 0 aliphatic carbocycles. The fraction of sp³-hybridized carbons (Fsp3) is 0.611. The average molecular weight is 304 g/mol. The molecule has 3 unspecified atom stereocenters. The first-order valence-corrected chi connectivity index (χ1v) is 8.28. The summed E-state index contributed by atoms with van der Waals surface area (Å²) >= 11 is 0. The first-order chi connectivity index (χ1) is 10.5. The Kier molecular flexibility index (Phi) is 5.98. The lowest BCUT2D eigenvalue weighted by molar-refractivity contribution is -0.126. The van der Waals surface area contributed by atoms with Crippen LogP contribution in [0.2, 0.25) is 0 Å². The van der Waals surface area contributed by atoms with E-state index in [0.29, 0.717) is 18.9 Å². The Hall–Kier alpha value is -1.39. The van der Waals surface area contributed by atoms with Crippen molar-refractivity contribution in [2.24, 2.45) is 11.7 Å². The van der Waals surface area contributed by atoms with Crippen LogP contribution in [0.1, 0.15) is 51.2 Å². The number of nitrogens with two attached hydrogens (primary N) is 1. The Morgan fingerprint density at radius 3 is 2.82 bits per heavy atom. The Morgan fingerprint density at radius 2 is 2.14 bits per heavy atom. The van der Waals surface area contributed by atoms with Gasteiger partial charge < -0.3 is 15.8 Å². The zero-order chi connectivity index (χ0) is 16.0. The highest BCUT2D eigenvalue weighted by molar-refractivity contribution is 5.85. The smallest absolute Gasteiger partial charge is 0.239 e.